The predicted octanol–water partition coefficient (Wildman–Crippen LogP) is 2.10. The van der Waals surface area contributed by atoms with Crippen LogP contribution in [0.1, 0.15) is 30.2 Å². The summed E-state index contributed by atoms with van der Waals surface area (Å²) >= 11 is 1.52. The van der Waals surface area contributed by atoms with Crippen LogP contribution < -0.4 is 5.11 Å². The van der Waals surface area contributed by atoms with Crippen molar-refractivity contribution in [1.29, 1.82) is 0 Å². The number of aromatic nitrogens is 3. The molecule has 0 amide bonds. The van der Waals surface area contributed by atoms with Gasteiger partial charge in [0.2, 0.25) is 0 Å². The Hall–Kier alpha value is -2.21. The fourth-order valence-corrected chi connectivity index (χ4v) is 2.80. The van der Waals surface area contributed by atoms with Crippen LogP contribution in [0.5, 0.6) is 0 Å². The quantitative estimate of drug-likeness (QED) is 0.739. The normalized spacial score (nSPS) is 11.3. The van der Waals surface area contributed by atoms with Crippen LogP contribution >= 0.6 is 11.3 Å². The van der Waals surface area contributed by atoms with E-state index in [4.69, 9.17) is 0 Å². The average molecular weight is 286 g/mol. The summed E-state index contributed by atoms with van der Waals surface area (Å²) in [7, 11) is 0. The lowest BCUT2D eigenvalue weighted by molar-refractivity contribution is -0.254. The maximum Gasteiger partial charge on any atom is 0.159 e. The van der Waals surface area contributed by atoms with Gasteiger partial charge >= 0.3 is 0 Å². The molecule has 0 fully saturated rings. The van der Waals surface area contributed by atoms with Gasteiger partial charge < -0.3 is 9.90 Å². The van der Waals surface area contributed by atoms with Gasteiger partial charge in [0.1, 0.15) is 0 Å². The van der Waals surface area contributed by atoms with Gasteiger partial charge in [0.15, 0.2) is 5.65 Å². The Bertz CT molecular complexity index is 775. The van der Waals surface area contributed by atoms with Crippen LogP contribution in [-0.4, -0.2) is 20.7 Å². The molecule has 0 aromatic carbocycles. The zero-order valence-electron chi connectivity index (χ0n) is 11.0. The number of aromatic carboxylic acids is 1. The molecule has 3 aromatic rings. The lowest BCUT2D eigenvalue weighted by Gasteiger charge is -2.10. The number of thiophene rings is 1. The minimum absolute atomic E-state index is 0.105. The highest BCUT2D eigenvalue weighted by Gasteiger charge is 2.14. The summed E-state index contributed by atoms with van der Waals surface area (Å²) in [6, 6.07) is 5.47. The van der Waals surface area contributed by atoms with E-state index in [9.17, 15) is 9.90 Å². The standard InChI is InChI=1S/C14H13N3O2S/c1-8(2)17-13-10(7-15-17)9(14(18)19)6-11(16-13)12-4-3-5-20-12/h3-8H,1-2H3,(H,18,19)/p-1. The van der Waals surface area contributed by atoms with Crippen molar-refractivity contribution in [3.8, 4) is 10.6 Å². The number of hydrogen-bond acceptors (Lipinski definition) is 5. The van der Waals surface area contributed by atoms with E-state index in [2.05, 4.69) is 10.1 Å². The third-order valence-electron chi connectivity index (χ3n) is 3.05. The van der Waals surface area contributed by atoms with Gasteiger partial charge in [-0.2, -0.15) is 5.10 Å². The Morgan fingerprint density at radius 2 is 2.25 bits per heavy atom. The molecule has 5 nitrogen and oxygen atoms in total. The molecule has 0 aliphatic rings. The van der Waals surface area contributed by atoms with Gasteiger partial charge in [-0.1, -0.05) is 6.07 Å². The third-order valence-corrected chi connectivity index (χ3v) is 3.94. The van der Waals surface area contributed by atoms with Crippen LogP contribution in [0.25, 0.3) is 21.6 Å². The van der Waals surface area contributed by atoms with Crippen LogP contribution in [0.2, 0.25) is 0 Å². The van der Waals surface area contributed by atoms with E-state index in [-0.39, 0.29) is 11.6 Å². The highest BCUT2D eigenvalue weighted by Crippen LogP contribution is 2.28. The van der Waals surface area contributed by atoms with Crippen molar-refractivity contribution in [3.63, 3.8) is 0 Å². The predicted molar refractivity (Wildman–Crippen MR) is 75.6 cm³/mol. The molecular weight excluding hydrogens is 274 g/mol. The Labute approximate surface area is 119 Å². The Kier molecular flexibility index (Phi) is 3.02. The summed E-state index contributed by atoms with van der Waals surface area (Å²) in [5.41, 5.74) is 1.34. The van der Waals surface area contributed by atoms with Crippen molar-refractivity contribution >= 4 is 28.3 Å². The molecule has 20 heavy (non-hydrogen) atoms. The first-order valence-corrected chi connectivity index (χ1v) is 7.09. The number of carboxylic acid groups (broad SMARTS) is 1. The molecule has 0 unspecified atom stereocenters. The average Bonchev–Trinajstić information content (AvgIpc) is 3.06. The van der Waals surface area contributed by atoms with Crippen molar-refractivity contribution in [2.45, 2.75) is 19.9 Å². The first kappa shape index (κ1) is 12.8. The monoisotopic (exact) mass is 286 g/mol. The fourth-order valence-electron chi connectivity index (χ4n) is 2.12. The number of carbonyl (C=O) groups excluding carboxylic acids is 1. The van der Waals surface area contributed by atoms with Crippen molar-refractivity contribution in [2.75, 3.05) is 0 Å². The van der Waals surface area contributed by atoms with Crippen molar-refractivity contribution < 1.29 is 9.90 Å². The summed E-state index contributed by atoms with van der Waals surface area (Å²) in [4.78, 5) is 16.8. The lowest BCUT2D eigenvalue weighted by Crippen LogP contribution is -2.22. The van der Waals surface area contributed by atoms with Gasteiger partial charge in [-0.25, -0.2) is 9.67 Å². The SMILES string of the molecule is CC(C)n1ncc2c(C(=O)[O-])cc(-c3cccs3)nc21. The van der Waals surface area contributed by atoms with E-state index in [0.29, 0.717) is 16.7 Å². The number of nitrogens with zero attached hydrogens (tertiary/aromatic N) is 3. The maximum absolute atomic E-state index is 11.3. The molecule has 0 aliphatic carbocycles. The molecule has 0 bridgehead atoms. The van der Waals surface area contributed by atoms with Crippen LogP contribution in [-0.2, 0) is 0 Å². The molecule has 0 saturated heterocycles. The summed E-state index contributed by atoms with van der Waals surface area (Å²) in [5, 5.41) is 18.0. The van der Waals surface area contributed by atoms with Gasteiger partial charge in [-0.15, -0.1) is 11.3 Å². The summed E-state index contributed by atoms with van der Waals surface area (Å²) in [6.07, 6.45) is 1.53. The number of rotatable bonds is 3. The zero-order chi connectivity index (χ0) is 14.3. The molecule has 0 radical (unpaired) electrons. The Morgan fingerprint density at radius 1 is 1.45 bits per heavy atom. The molecular formula is C14H12N3O2S-. The minimum atomic E-state index is -1.21. The number of pyridine rings is 1. The van der Waals surface area contributed by atoms with Crippen LogP contribution in [0.3, 0.4) is 0 Å². The van der Waals surface area contributed by atoms with E-state index in [1.807, 2.05) is 31.4 Å². The largest absolute Gasteiger partial charge is 0.545 e. The van der Waals surface area contributed by atoms with Crippen molar-refractivity contribution in [1.82, 2.24) is 14.8 Å². The summed E-state index contributed by atoms with van der Waals surface area (Å²) in [5.74, 6) is -1.21. The van der Waals surface area contributed by atoms with E-state index in [1.54, 1.807) is 10.7 Å². The van der Waals surface area contributed by atoms with Gasteiger partial charge in [-0.3, -0.25) is 0 Å². The van der Waals surface area contributed by atoms with E-state index >= 15 is 0 Å². The van der Waals surface area contributed by atoms with Crippen LogP contribution in [0, 0.1) is 0 Å². The van der Waals surface area contributed by atoms with Gasteiger partial charge in [0.05, 0.1) is 22.7 Å². The van der Waals surface area contributed by atoms with Crippen LogP contribution in [0.15, 0.2) is 29.8 Å². The van der Waals surface area contributed by atoms with E-state index in [1.165, 1.54) is 17.5 Å². The topological polar surface area (TPSA) is 70.8 Å². The molecule has 0 spiro atoms. The smallest absolute Gasteiger partial charge is 0.159 e. The van der Waals surface area contributed by atoms with Crippen molar-refractivity contribution in [3.05, 3.63) is 35.3 Å². The number of fused-ring (bicyclic) bond motifs is 1. The molecule has 0 aliphatic heterocycles. The van der Waals surface area contributed by atoms with E-state index in [0.717, 1.165) is 4.88 Å². The second-order valence-corrected chi connectivity index (χ2v) is 5.69. The number of hydrogen-bond donors (Lipinski definition) is 0. The fraction of sp³-hybridized carbons (Fsp3) is 0.214. The number of carboxylic acids is 1. The maximum atomic E-state index is 11.3. The number of carbonyl (C=O) groups is 1. The highest BCUT2D eigenvalue weighted by atomic mass is 32.1. The molecule has 0 N–H and O–H groups in total. The molecule has 0 saturated carbocycles. The molecule has 6 heteroatoms. The van der Waals surface area contributed by atoms with Crippen LogP contribution in [0.4, 0.5) is 0 Å². The molecule has 0 atom stereocenters. The van der Waals surface area contributed by atoms with Gasteiger partial charge in [0, 0.05) is 17.0 Å². The first-order chi connectivity index (χ1) is 9.58. The summed E-state index contributed by atoms with van der Waals surface area (Å²) < 4.78 is 1.72. The lowest BCUT2D eigenvalue weighted by atomic mass is 10.1. The first-order valence-electron chi connectivity index (χ1n) is 6.21. The van der Waals surface area contributed by atoms with E-state index < -0.39 is 5.97 Å². The molecule has 3 heterocycles. The molecule has 3 rings (SSSR count). The minimum Gasteiger partial charge on any atom is -0.545 e. The molecule has 3 aromatic heterocycles. The third kappa shape index (κ3) is 1.98. The Balaban J connectivity index is 2.33. The van der Waals surface area contributed by atoms with Gasteiger partial charge in [0.25, 0.3) is 0 Å². The summed E-state index contributed by atoms with van der Waals surface area (Å²) in [6.45, 7) is 3.95. The van der Waals surface area contributed by atoms with Crippen molar-refractivity contribution in [2.24, 2.45) is 0 Å². The van der Waals surface area contributed by atoms with Gasteiger partial charge in [-0.05, 0) is 31.4 Å². The molecule has 102 valence electrons. The second-order valence-electron chi connectivity index (χ2n) is 4.74. The highest BCUT2D eigenvalue weighted by molar-refractivity contribution is 7.13. The second kappa shape index (κ2) is 4.72. The zero-order valence-corrected chi connectivity index (χ0v) is 11.8. The Morgan fingerprint density at radius 3 is 2.85 bits per heavy atom.